The van der Waals surface area contributed by atoms with Crippen LogP contribution in [0.4, 0.5) is 5.13 Å². The predicted octanol–water partition coefficient (Wildman–Crippen LogP) is 2.41. The van der Waals surface area contributed by atoms with Gasteiger partial charge in [0.05, 0.1) is 5.69 Å². The van der Waals surface area contributed by atoms with Crippen LogP contribution in [0.2, 0.25) is 0 Å². The normalized spacial score (nSPS) is 16.6. The number of rotatable bonds is 6. The molecule has 0 spiro atoms. The predicted molar refractivity (Wildman–Crippen MR) is 74.9 cm³/mol. The van der Waals surface area contributed by atoms with Crippen molar-refractivity contribution in [3.63, 3.8) is 0 Å². The third-order valence-electron chi connectivity index (χ3n) is 3.43. The number of hydrogen-bond donors (Lipinski definition) is 1. The van der Waals surface area contributed by atoms with Gasteiger partial charge in [0.2, 0.25) is 5.91 Å². The number of hydrogen-bond acceptors (Lipinski definition) is 4. The highest BCUT2D eigenvalue weighted by molar-refractivity contribution is 7.14. The number of carbonyl (C=O) groups excluding carboxylic acids is 1. The molecule has 1 N–H and O–H groups in total. The standard InChI is InChI=1S/C13H21N3OS/c1-4-16(10(2)17)12-15-11(8-18-12)7-14-9-13(3)5-6-13/h8,14H,4-7,9H2,1-3H3. The van der Waals surface area contributed by atoms with Crippen LogP contribution in [-0.2, 0) is 11.3 Å². The van der Waals surface area contributed by atoms with Crippen LogP contribution in [0.5, 0.6) is 0 Å². The molecule has 1 fully saturated rings. The lowest BCUT2D eigenvalue weighted by Gasteiger charge is -2.14. The SMILES string of the molecule is CCN(C(C)=O)c1nc(CNCC2(C)CC2)cs1. The van der Waals surface area contributed by atoms with E-state index in [2.05, 4.69) is 17.2 Å². The second-order valence-electron chi connectivity index (χ2n) is 5.30. The second-order valence-corrected chi connectivity index (χ2v) is 6.14. The Morgan fingerprint density at radius 3 is 2.89 bits per heavy atom. The molecule has 100 valence electrons. The minimum atomic E-state index is 0.0526. The van der Waals surface area contributed by atoms with Gasteiger partial charge in [-0.25, -0.2) is 4.98 Å². The zero-order chi connectivity index (χ0) is 13.2. The molecule has 1 saturated carbocycles. The Hall–Kier alpha value is -0.940. The quantitative estimate of drug-likeness (QED) is 0.861. The summed E-state index contributed by atoms with van der Waals surface area (Å²) in [4.78, 5) is 17.6. The molecule has 5 heteroatoms. The maximum absolute atomic E-state index is 11.4. The summed E-state index contributed by atoms with van der Waals surface area (Å²) in [6, 6.07) is 0. The van der Waals surface area contributed by atoms with Crippen LogP contribution in [0, 0.1) is 5.41 Å². The Morgan fingerprint density at radius 2 is 2.33 bits per heavy atom. The van der Waals surface area contributed by atoms with E-state index in [4.69, 9.17) is 0 Å². The van der Waals surface area contributed by atoms with E-state index in [0.717, 1.165) is 23.9 Å². The molecule has 0 radical (unpaired) electrons. The van der Waals surface area contributed by atoms with Gasteiger partial charge in [0.1, 0.15) is 0 Å². The van der Waals surface area contributed by atoms with Crippen molar-refractivity contribution in [2.45, 2.75) is 40.2 Å². The lowest BCUT2D eigenvalue weighted by molar-refractivity contribution is -0.116. The van der Waals surface area contributed by atoms with Crippen molar-refractivity contribution in [1.29, 1.82) is 0 Å². The highest BCUT2D eigenvalue weighted by Gasteiger charge is 2.36. The van der Waals surface area contributed by atoms with E-state index in [9.17, 15) is 4.79 Å². The van der Waals surface area contributed by atoms with E-state index in [1.165, 1.54) is 24.2 Å². The van der Waals surface area contributed by atoms with Crippen molar-refractivity contribution in [1.82, 2.24) is 10.3 Å². The Morgan fingerprint density at radius 1 is 1.61 bits per heavy atom. The maximum atomic E-state index is 11.4. The highest BCUT2D eigenvalue weighted by Crippen LogP contribution is 2.44. The van der Waals surface area contributed by atoms with Gasteiger partial charge < -0.3 is 5.32 Å². The fourth-order valence-electron chi connectivity index (χ4n) is 1.88. The summed E-state index contributed by atoms with van der Waals surface area (Å²) < 4.78 is 0. The minimum Gasteiger partial charge on any atom is -0.311 e. The van der Waals surface area contributed by atoms with Crippen molar-refractivity contribution in [2.75, 3.05) is 18.0 Å². The van der Waals surface area contributed by atoms with Gasteiger partial charge in [-0.2, -0.15) is 0 Å². The molecule has 0 atom stereocenters. The van der Waals surface area contributed by atoms with Gasteiger partial charge in [-0.15, -0.1) is 11.3 Å². The van der Waals surface area contributed by atoms with Gasteiger partial charge in [0.15, 0.2) is 5.13 Å². The molecule has 18 heavy (non-hydrogen) atoms. The number of anilines is 1. The molecule has 0 unspecified atom stereocenters. The number of amides is 1. The van der Waals surface area contributed by atoms with Gasteiger partial charge in [0, 0.05) is 31.9 Å². The molecule has 1 aliphatic rings. The Labute approximate surface area is 112 Å². The molecule has 0 saturated heterocycles. The number of nitrogens with zero attached hydrogens (tertiary/aromatic N) is 2. The first-order valence-corrected chi connectivity index (χ1v) is 7.35. The minimum absolute atomic E-state index is 0.0526. The molecule has 4 nitrogen and oxygen atoms in total. The first-order valence-electron chi connectivity index (χ1n) is 6.47. The van der Waals surface area contributed by atoms with Crippen LogP contribution in [0.15, 0.2) is 5.38 Å². The average Bonchev–Trinajstić information content (AvgIpc) is 2.87. The summed E-state index contributed by atoms with van der Waals surface area (Å²) in [6.45, 7) is 8.38. The Kier molecular flexibility index (Phi) is 4.02. The fraction of sp³-hybridized carbons (Fsp3) is 0.692. The number of aromatic nitrogens is 1. The van der Waals surface area contributed by atoms with E-state index >= 15 is 0 Å². The molecule has 1 aromatic heterocycles. The third kappa shape index (κ3) is 3.29. The van der Waals surface area contributed by atoms with Gasteiger partial charge in [-0.1, -0.05) is 6.92 Å². The third-order valence-corrected chi connectivity index (χ3v) is 4.34. The molecule has 0 bridgehead atoms. The van der Waals surface area contributed by atoms with Gasteiger partial charge in [0.25, 0.3) is 0 Å². The number of carbonyl (C=O) groups is 1. The second kappa shape index (κ2) is 5.36. The van der Waals surface area contributed by atoms with Crippen LogP contribution in [0.1, 0.15) is 39.3 Å². The molecular formula is C13H21N3OS. The van der Waals surface area contributed by atoms with Crippen LogP contribution >= 0.6 is 11.3 Å². The zero-order valence-electron chi connectivity index (χ0n) is 11.3. The summed E-state index contributed by atoms with van der Waals surface area (Å²) in [5.74, 6) is 0.0526. The van der Waals surface area contributed by atoms with Crippen LogP contribution in [0.25, 0.3) is 0 Å². The Balaban J connectivity index is 1.87. The molecule has 0 aliphatic heterocycles. The zero-order valence-corrected chi connectivity index (χ0v) is 12.1. The summed E-state index contributed by atoms with van der Waals surface area (Å²) in [7, 11) is 0. The van der Waals surface area contributed by atoms with Crippen molar-refractivity contribution in [3.05, 3.63) is 11.1 Å². The smallest absolute Gasteiger partial charge is 0.225 e. The molecule has 1 aliphatic carbocycles. The molecule has 1 amide bonds. The van der Waals surface area contributed by atoms with E-state index < -0.39 is 0 Å². The lowest BCUT2D eigenvalue weighted by atomic mass is 10.1. The first-order chi connectivity index (χ1) is 8.54. The molecule has 1 aromatic rings. The van der Waals surface area contributed by atoms with Crippen LogP contribution in [0.3, 0.4) is 0 Å². The maximum Gasteiger partial charge on any atom is 0.225 e. The summed E-state index contributed by atoms with van der Waals surface area (Å²) in [5, 5.41) is 6.28. The largest absolute Gasteiger partial charge is 0.311 e. The van der Waals surface area contributed by atoms with Crippen LogP contribution in [-0.4, -0.2) is 24.0 Å². The van der Waals surface area contributed by atoms with E-state index in [0.29, 0.717) is 12.0 Å². The molecule has 0 aromatic carbocycles. The number of nitrogens with one attached hydrogen (secondary N) is 1. The van der Waals surface area contributed by atoms with Gasteiger partial charge >= 0.3 is 0 Å². The Bertz CT molecular complexity index is 426. The van der Waals surface area contributed by atoms with E-state index in [1.54, 1.807) is 11.8 Å². The molecular weight excluding hydrogens is 246 g/mol. The summed E-state index contributed by atoms with van der Waals surface area (Å²) >= 11 is 1.54. The fourth-order valence-corrected chi connectivity index (χ4v) is 2.81. The van der Waals surface area contributed by atoms with Crippen molar-refractivity contribution >= 4 is 22.4 Å². The summed E-state index contributed by atoms with van der Waals surface area (Å²) in [5.41, 5.74) is 1.55. The van der Waals surface area contributed by atoms with Gasteiger partial charge in [-0.05, 0) is 25.2 Å². The highest BCUT2D eigenvalue weighted by atomic mass is 32.1. The topological polar surface area (TPSA) is 45.2 Å². The monoisotopic (exact) mass is 267 g/mol. The van der Waals surface area contributed by atoms with Crippen LogP contribution < -0.4 is 10.2 Å². The average molecular weight is 267 g/mol. The van der Waals surface area contributed by atoms with Crippen molar-refractivity contribution < 1.29 is 4.79 Å². The van der Waals surface area contributed by atoms with Gasteiger partial charge in [-0.3, -0.25) is 9.69 Å². The lowest BCUT2D eigenvalue weighted by Crippen LogP contribution is -2.28. The number of thiazole rings is 1. The first kappa shape index (κ1) is 13.5. The molecule has 2 rings (SSSR count). The molecule has 1 heterocycles. The summed E-state index contributed by atoms with van der Waals surface area (Å²) in [6.07, 6.45) is 2.66. The van der Waals surface area contributed by atoms with E-state index in [1.807, 2.05) is 12.3 Å². The van der Waals surface area contributed by atoms with Crippen molar-refractivity contribution in [3.8, 4) is 0 Å². The van der Waals surface area contributed by atoms with Crippen molar-refractivity contribution in [2.24, 2.45) is 5.41 Å². The van der Waals surface area contributed by atoms with E-state index in [-0.39, 0.29) is 5.91 Å².